The predicted molar refractivity (Wildman–Crippen MR) is 130 cm³/mol. The maximum atomic E-state index is 6.40. The molecule has 1 saturated heterocycles. The summed E-state index contributed by atoms with van der Waals surface area (Å²) in [5.41, 5.74) is 4.28. The Morgan fingerprint density at radius 2 is 1.45 bits per heavy atom. The summed E-state index contributed by atoms with van der Waals surface area (Å²) in [5, 5.41) is 5.30. The van der Waals surface area contributed by atoms with E-state index in [4.69, 9.17) is 21.6 Å². The van der Waals surface area contributed by atoms with Crippen molar-refractivity contribution in [2.45, 2.75) is 6.92 Å². The zero-order valence-electron chi connectivity index (χ0n) is 17.4. The fourth-order valence-corrected chi connectivity index (χ4v) is 4.19. The first-order valence-electron chi connectivity index (χ1n) is 10.5. The Labute approximate surface area is 187 Å². The SMILES string of the molecule is Cc1ccc(Nc2nc(N3CCN(c4ccccc4Cl)CC3)nc3ccccc23)cc1. The van der Waals surface area contributed by atoms with Crippen molar-refractivity contribution in [2.75, 3.05) is 41.3 Å². The highest BCUT2D eigenvalue weighted by molar-refractivity contribution is 6.33. The number of aromatic nitrogens is 2. The van der Waals surface area contributed by atoms with E-state index in [0.29, 0.717) is 0 Å². The minimum atomic E-state index is 0.757. The molecular weight excluding hydrogens is 406 g/mol. The molecule has 5 rings (SSSR count). The molecule has 1 aromatic heterocycles. The number of fused-ring (bicyclic) bond motifs is 1. The molecule has 0 spiro atoms. The average Bonchev–Trinajstić information content (AvgIpc) is 2.81. The summed E-state index contributed by atoms with van der Waals surface area (Å²) < 4.78 is 0. The van der Waals surface area contributed by atoms with E-state index in [2.05, 4.69) is 58.4 Å². The second kappa shape index (κ2) is 8.44. The second-order valence-corrected chi connectivity index (χ2v) is 8.21. The van der Waals surface area contributed by atoms with Gasteiger partial charge in [-0.05, 0) is 43.3 Å². The Morgan fingerprint density at radius 1 is 0.774 bits per heavy atom. The van der Waals surface area contributed by atoms with Crippen molar-refractivity contribution in [3.63, 3.8) is 0 Å². The molecule has 5 nitrogen and oxygen atoms in total. The number of nitrogens with one attached hydrogen (secondary N) is 1. The average molecular weight is 430 g/mol. The van der Waals surface area contributed by atoms with Crippen LogP contribution in [-0.4, -0.2) is 36.1 Å². The fourth-order valence-electron chi connectivity index (χ4n) is 3.93. The van der Waals surface area contributed by atoms with Gasteiger partial charge in [-0.15, -0.1) is 0 Å². The Balaban J connectivity index is 1.41. The predicted octanol–water partition coefficient (Wildman–Crippen LogP) is 5.66. The minimum Gasteiger partial charge on any atom is -0.367 e. The lowest BCUT2D eigenvalue weighted by Crippen LogP contribution is -2.47. The number of rotatable bonds is 4. The molecule has 1 fully saturated rings. The quantitative estimate of drug-likeness (QED) is 0.453. The van der Waals surface area contributed by atoms with Crippen molar-refractivity contribution in [2.24, 2.45) is 0 Å². The molecule has 0 radical (unpaired) electrons. The molecule has 0 aliphatic carbocycles. The Morgan fingerprint density at radius 3 is 2.23 bits per heavy atom. The highest BCUT2D eigenvalue weighted by Gasteiger charge is 2.21. The van der Waals surface area contributed by atoms with Crippen molar-refractivity contribution < 1.29 is 0 Å². The molecule has 156 valence electrons. The van der Waals surface area contributed by atoms with Crippen LogP contribution in [-0.2, 0) is 0 Å². The number of nitrogens with zero attached hydrogens (tertiary/aromatic N) is 4. The number of aryl methyl sites for hydroxylation is 1. The van der Waals surface area contributed by atoms with E-state index in [0.717, 1.165) is 65.2 Å². The number of hydrogen-bond acceptors (Lipinski definition) is 5. The number of anilines is 4. The Bertz CT molecular complexity index is 1200. The van der Waals surface area contributed by atoms with E-state index in [9.17, 15) is 0 Å². The summed E-state index contributed by atoms with van der Waals surface area (Å²) in [6.45, 7) is 5.52. The van der Waals surface area contributed by atoms with Crippen molar-refractivity contribution in [1.29, 1.82) is 0 Å². The van der Waals surface area contributed by atoms with Gasteiger partial charge in [0.05, 0.1) is 16.2 Å². The molecule has 0 bridgehead atoms. The lowest BCUT2D eigenvalue weighted by Gasteiger charge is -2.36. The lowest BCUT2D eigenvalue weighted by atomic mass is 10.2. The van der Waals surface area contributed by atoms with Gasteiger partial charge in [0.25, 0.3) is 0 Å². The largest absolute Gasteiger partial charge is 0.367 e. The summed E-state index contributed by atoms with van der Waals surface area (Å²) in [6.07, 6.45) is 0. The topological polar surface area (TPSA) is 44.3 Å². The van der Waals surface area contributed by atoms with Crippen LogP contribution in [0.5, 0.6) is 0 Å². The van der Waals surface area contributed by atoms with Gasteiger partial charge in [0.15, 0.2) is 0 Å². The third-order valence-electron chi connectivity index (χ3n) is 5.66. The van der Waals surface area contributed by atoms with E-state index in [1.54, 1.807) is 0 Å². The summed E-state index contributed by atoms with van der Waals surface area (Å²) in [5.74, 6) is 1.59. The van der Waals surface area contributed by atoms with Crippen LogP contribution in [0.3, 0.4) is 0 Å². The molecule has 4 aromatic rings. The highest BCUT2D eigenvalue weighted by atomic mass is 35.5. The van der Waals surface area contributed by atoms with Crippen LogP contribution < -0.4 is 15.1 Å². The van der Waals surface area contributed by atoms with E-state index in [1.807, 2.05) is 36.4 Å². The maximum absolute atomic E-state index is 6.40. The zero-order valence-corrected chi connectivity index (χ0v) is 18.2. The van der Waals surface area contributed by atoms with Crippen LogP contribution in [0.2, 0.25) is 5.02 Å². The van der Waals surface area contributed by atoms with Gasteiger partial charge < -0.3 is 15.1 Å². The van der Waals surface area contributed by atoms with Crippen LogP contribution in [0.25, 0.3) is 10.9 Å². The normalized spacial score (nSPS) is 14.1. The van der Waals surface area contributed by atoms with Gasteiger partial charge in [-0.25, -0.2) is 4.98 Å². The summed E-state index contributed by atoms with van der Waals surface area (Å²) in [4.78, 5) is 14.4. The molecule has 3 aromatic carbocycles. The zero-order chi connectivity index (χ0) is 21.2. The third kappa shape index (κ3) is 4.14. The molecule has 2 heterocycles. The first-order valence-corrected chi connectivity index (χ1v) is 10.9. The molecule has 0 saturated carbocycles. The second-order valence-electron chi connectivity index (χ2n) is 7.81. The molecule has 31 heavy (non-hydrogen) atoms. The number of piperazine rings is 1. The van der Waals surface area contributed by atoms with E-state index >= 15 is 0 Å². The first-order chi connectivity index (χ1) is 15.2. The van der Waals surface area contributed by atoms with E-state index in [1.165, 1.54) is 5.56 Å². The molecule has 0 unspecified atom stereocenters. The highest BCUT2D eigenvalue weighted by Crippen LogP contribution is 2.29. The van der Waals surface area contributed by atoms with Crippen molar-refractivity contribution in [3.05, 3.63) is 83.4 Å². The summed E-state index contributed by atoms with van der Waals surface area (Å²) >= 11 is 6.40. The molecular formula is C25H24ClN5. The molecule has 0 amide bonds. The van der Waals surface area contributed by atoms with Gasteiger partial charge in [0.2, 0.25) is 5.95 Å². The third-order valence-corrected chi connectivity index (χ3v) is 5.98. The fraction of sp³-hybridized carbons (Fsp3) is 0.200. The maximum Gasteiger partial charge on any atom is 0.228 e. The van der Waals surface area contributed by atoms with Crippen molar-refractivity contribution in [1.82, 2.24) is 9.97 Å². The number of para-hydroxylation sites is 2. The van der Waals surface area contributed by atoms with Crippen LogP contribution in [0.1, 0.15) is 5.56 Å². The van der Waals surface area contributed by atoms with Crippen molar-refractivity contribution in [3.8, 4) is 0 Å². The minimum absolute atomic E-state index is 0.757. The van der Waals surface area contributed by atoms with Crippen LogP contribution >= 0.6 is 11.6 Å². The van der Waals surface area contributed by atoms with Crippen LogP contribution in [0.15, 0.2) is 72.8 Å². The van der Waals surface area contributed by atoms with Crippen LogP contribution in [0.4, 0.5) is 23.1 Å². The summed E-state index contributed by atoms with van der Waals surface area (Å²) in [7, 11) is 0. The first kappa shape index (κ1) is 19.6. The molecule has 6 heteroatoms. The van der Waals surface area contributed by atoms with E-state index < -0.39 is 0 Å². The number of benzene rings is 3. The smallest absolute Gasteiger partial charge is 0.228 e. The molecule has 0 atom stereocenters. The van der Waals surface area contributed by atoms with E-state index in [-0.39, 0.29) is 0 Å². The van der Waals surface area contributed by atoms with Crippen LogP contribution in [0, 0.1) is 6.92 Å². The monoisotopic (exact) mass is 429 g/mol. The lowest BCUT2D eigenvalue weighted by molar-refractivity contribution is 0.641. The van der Waals surface area contributed by atoms with Gasteiger partial charge in [-0.2, -0.15) is 4.98 Å². The number of hydrogen-bond donors (Lipinski definition) is 1. The molecule has 1 N–H and O–H groups in total. The van der Waals surface area contributed by atoms with Crippen molar-refractivity contribution >= 4 is 45.6 Å². The van der Waals surface area contributed by atoms with Gasteiger partial charge in [-0.3, -0.25) is 0 Å². The molecule has 1 aliphatic heterocycles. The van der Waals surface area contributed by atoms with Gasteiger partial charge in [-0.1, -0.05) is 53.6 Å². The number of halogens is 1. The molecule has 1 aliphatic rings. The van der Waals surface area contributed by atoms with Gasteiger partial charge in [0, 0.05) is 37.3 Å². The summed E-state index contributed by atoms with van der Waals surface area (Å²) in [6, 6.07) is 24.5. The van der Waals surface area contributed by atoms with Gasteiger partial charge in [0.1, 0.15) is 5.82 Å². The Hall–Kier alpha value is -3.31. The Kier molecular flexibility index (Phi) is 5.35. The standard InChI is InChI=1S/C25H24ClN5/c1-18-10-12-19(13-11-18)27-24-20-6-2-4-8-22(20)28-25(29-24)31-16-14-30(15-17-31)23-9-5-3-7-21(23)26/h2-13H,14-17H2,1H3,(H,27,28,29). The van der Waals surface area contributed by atoms with Gasteiger partial charge >= 0.3 is 0 Å².